The lowest BCUT2D eigenvalue weighted by molar-refractivity contribution is 0.0757. The van der Waals surface area contributed by atoms with Crippen molar-refractivity contribution in [2.75, 3.05) is 13.2 Å². The van der Waals surface area contributed by atoms with Crippen molar-refractivity contribution in [1.29, 1.82) is 0 Å². The van der Waals surface area contributed by atoms with E-state index in [0.717, 1.165) is 13.2 Å². The van der Waals surface area contributed by atoms with Gasteiger partial charge in [0.25, 0.3) is 0 Å². The Labute approximate surface area is 83.1 Å². The summed E-state index contributed by atoms with van der Waals surface area (Å²) in [6, 6.07) is 0.618. The Kier molecular flexibility index (Phi) is 8.46. The third-order valence-corrected chi connectivity index (χ3v) is 1.82. The molecule has 0 aliphatic heterocycles. The summed E-state index contributed by atoms with van der Waals surface area (Å²) in [5, 5.41) is 3.40. The van der Waals surface area contributed by atoms with Gasteiger partial charge in [0.15, 0.2) is 0 Å². The monoisotopic (exact) mass is 187 g/mol. The zero-order chi connectivity index (χ0) is 10.1. The van der Waals surface area contributed by atoms with E-state index in [2.05, 4.69) is 33.0 Å². The summed E-state index contributed by atoms with van der Waals surface area (Å²) in [5.74, 6) is 0. The topological polar surface area (TPSA) is 21.3 Å². The fourth-order valence-corrected chi connectivity index (χ4v) is 1.11. The molecule has 0 aliphatic rings. The highest BCUT2D eigenvalue weighted by Crippen LogP contribution is 1.97. The summed E-state index contributed by atoms with van der Waals surface area (Å²) in [5.41, 5.74) is 0. The fourth-order valence-electron chi connectivity index (χ4n) is 1.11. The van der Waals surface area contributed by atoms with Crippen LogP contribution in [0.1, 0.15) is 47.0 Å². The van der Waals surface area contributed by atoms with Gasteiger partial charge in [-0.15, -0.1) is 0 Å². The first kappa shape index (κ1) is 12.9. The van der Waals surface area contributed by atoms with E-state index in [1.165, 1.54) is 19.3 Å². The predicted molar refractivity (Wildman–Crippen MR) is 58.1 cm³/mol. The minimum atomic E-state index is 0.383. The molecule has 0 rings (SSSR count). The van der Waals surface area contributed by atoms with Crippen LogP contribution in [-0.4, -0.2) is 25.3 Å². The molecule has 0 aliphatic carbocycles. The van der Waals surface area contributed by atoms with Crippen LogP contribution in [0.25, 0.3) is 0 Å². The summed E-state index contributed by atoms with van der Waals surface area (Å²) < 4.78 is 5.45. The molecule has 0 aromatic rings. The molecule has 0 radical (unpaired) electrons. The van der Waals surface area contributed by atoms with E-state index >= 15 is 0 Å². The standard InChI is InChI=1S/C11H25NO/c1-10(2)12-8-6-5-7-9-13-11(3)4/h10-12H,5-9H2,1-4H3. The molecule has 80 valence electrons. The van der Waals surface area contributed by atoms with E-state index in [-0.39, 0.29) is 0 Å². The molecule has 0 spiro atoms. The lowest BCUT2D eigenvalue weighted by Crippen LogP contribution is -2.23. The Morgan fingerprint density at radius 2 is 1.69 bits per heavy atom. The van der Waals surface area contributed by atoms with Gasteiger partial charge in [-0.05, 0) is 39.7 Å². The molecule has 0 fully saturated rings. The van der Waals surface area contributed by atoms with Gasteiger partial charge in [-0.1, -0.05) is 13.8 Å². The van der Waals surface area contributed by atoms with Gasteiger partial charge in [-0.25, -0.2) is 0 Å². The summed E-state index contributed by atoms with van der Waals surface area (Å²) in [7, 11) is 0. The summed E-state index contributed by atoms with van der Waals surface area (Å²) in [6.07, 6.45) is 4.11. The average Bonchev–Trinajstić information content (AvgIpc) is 2.01. The van der Waals surface area contributed by atoms with Gasteiger partial charge in [0.05, 0.1) is 6.10 Å². The van der Waals surface area contributed by atoms with Crippen molar-refractivity contribution in [3.8, 4) is 0 Å². The molecular weight excluding hydrogens is 162 g/mol. The van der Waals surface area contributed by atoms with Crippen molar-refractivity contribution >= 4 is 0 Å². The van der Waals surface area contributed by atoms with E-state index in [0.29, 0.717) is 12.1 Å². The third kappa shape index (κ3) is 11.9. The number of hydrogen-bond acceptors (Lipinski definition) is 2. The van der Waals surface area contributed by atoms with Gasteiger partial charge >= 0.3 is 0 Å². The smallest absolute Gasteiger partial charge is 0.0518 e. The molecule has 0 atom stereocenters. The van der Waals surface area contributed by atoms with Crippen molar-refractivity contribution in [2.24, 2.45) is 0 Å². The van der Waals surface area contributed by atoms with Crippen molar-refractivity contribution < 1.29 is 4.74 Å². The van der Waals surface area contributed by atoms with Gasteiger partial charge in [0.2, 0.25) is 0 Å². The quantitative estimate of drug-likeness (QED) is 0.590. The second-order valence-corrected chi connectivity index (χ2v) is 4.09. The van der Waals surface area contributed by atoms with Crippen LogP contribution < -0.4 is 5.32 Å². The second kappa shape index (κ2) is 8.52. The van der Waals surface area contributed by atoms with E-state index in [4.69, 9.17) is 4.74 Å². The minimum absolute atomic E-state index is 0.383. The maximum atomic E-state index is 5.45. The summed E-state index contributed by atoms with van der Waals surface area (Å²) >= 11 is 0. The Balaban J connectivity index is 2.92. The molecule has 13 heavy (non-hydrogen) atoms. The van der Waals surface area contributed by atoms with Crippen LogP contribution in [0.3, 0.4) is 0 Å². The van der Waals surface area contributed by atoms with Gasteiger partial charge in [-0.2, -0.15) is 0 Å². The molecule has 0 heterocycles. The SMILES string of the molecule is CC(C)NCCCCCOC(C)C. The first-order valence-corrected chi connectivity index (χ1v) is 5.48. The molecule has 2 heteroatoms. The molecule has 1 N–H and O–H groups in total. The van der Waals surface area contributed by atoms with Crippen LogP contribution in [0.5, 0.6) is 0 Å². The molecule has 0 amide bonds. The third-order valence-electron chi connectivity index (χ3n) is 1.82. The van der Waals surface area contributed by atoms with Crippen LogP contribution in [0.4, 0.5) is 0 Å². The molecule has 0 aromatic heterocycles. The van der Waals surface area contributed by atoms with Crippen LogP contribution in [-0.2, 0) is 4.74 Å². The van der Waals surface area contributed by atoms with Crippen molar-refractivity contribution in [3.05, 3.63) is 0 Å². The van der Waals surface area contributed by atoms with Crippen LogP contribution >= 0.6 is 0 Å². The lowest BCUT2D eigenvalue weighted by Gasteiger charge is -2.08. The Morgan fingerprint density at radius 3 is 2.23 bits per heavy atom. The first-order valence-electron chi connectivity index (χ1n) is 5.48. The highest BCUT2D eigenvalue weighted by molar-refractivity contribution is 4.52. The Hall–Kier alpha value is -0.0800. The van der Waals surface area contributed by atoms with Crippen LogP contribution in [0.15, 0.2) is 0 Å². The zero-order valence-corrected chi connectivity index (χ0v) is 9.60. The summed E-state index contributed by atoms with van der Waals surface area (Å²) in [4.78, 5) is 0. The minimum Gasteiger partial charge on any atom is -0.379 e. The zero-order valence-electron chi connectivity index (χ0n) is 9.60. The van der Waals surface area contributed by atoms with Gasteiger partial charge in [-0.3, -0.25) is 0 Å². The number of hydrogen-bond donors (Lipinski definition) is 1. The van der Waals surface area contributed by atoms with Gasteiger partial charge < -0.3 is 10.1 Å². The highest BCUT2D eigenvalue weighted by Gasteiger charge is 1.94. The lowest BCUT2D eigenvalue weighted by atomic mass is 10.2. The van der Waals surface area contributed by atoms with Crippen LogP contribution in [0.2, 0.25) is 0 Å². The Bertz CT molecular complexity index is 90.3. The van der Waals surface area contributed by atoms with E-state index in [1.807, 2.05) is 0 Å². The fraction of sp³-hybridized carbons (Fsp3) is 1.00. The average molecular weight is 187 g/mol. The molecular formula is C11H25NO. The van der Waals surface area contributed by atoms with Crippen LogP contribution in [0, 0.1) is 0 Å². The number of unbranched alkanes of at least 4 members (excludes halogenated alkanes) is 2. The number of ether oxygens (including phenoxy) is 1. The maximum absolute atomic E-state index is 5.45. The van der Waals surface area contributed by atoms with Gasteiger partial charge in [0.1, 0.15) is 0 Å². The van der Waals surface area contributed by atoms with Crippen molar-refractivity contribution in [1.82, 2.24) is 5.32 Å². The van der Waals surface area contributed by atoms with E-state index in [1.54, 1.807) is 0 Å². The second-order valence-electron chi connectivity index (χ2n) is 4.09. The predicted octanol–water partition coefficient (Wildman–Crippen LogP) is 2.58. The number of rotatable bonds is 8. The first-order chi connectivity index (χ1) is 6.13. The van der Waals surface area contributed by atoms with Gasteiger partial charge in [0, 0.05) is 12.6 Å². The summed E-state index contributed by atoms with van der Waals surface area (Å²) in [6.45, 7) is 10.6. The van der Waals surface area contributed by atoms with Crippen molar-refractivity contribution in [2.45, 2.75) is 59.1 Å². The highest BCUT2D eigenvalue weighted by atomic mass is 16.5. The molecule has 0 aromatic carbocycles. The normalized spacial score (nSPS) is 11.5. The van der Waals surface area contributed by atoms with E-state index in [9.17, 15) is 0 Å². The molecule has 0 unspecified atom stereocenters. The molecule has 0 saturated carbocycles. The molecule has 0 saturated heterocycles. The van der Waals surface area contributed by atoms with E-state index < -0.39 is 0 Å². The largest absolute Gasteiger partial charge is 0.379 e. The Morgan fingerprint density at radius 1 is 1.00 bits per heavy atom. The number of nitrogens with one attached hydrogen (secondary N) is 1. The molecule has 0 bridgehead atoms. The molecule has 2 nitrogen and oxygen atoms in total. The maximum Gasteiger partial charge on any atom is 0.0518 e. The van der Waals surface area contributed by atoms with Crippen molar-refractivity contribution in [3.63, 3.8) is 0 Å².